The number of fused-ring (bicyclic) bond motifs is 2. The van der Waals surface area contributed by atoms with E-state index in [0.717, 1.165) is 25.1 Å². The first-order valence-electron chi connectivity index (χ1n) is 6.88. The molecule has 2 heterocycles. The minimum Gasteiger partial charge on any atom is -0.497 e. The zero-order chi connectivity index (χ0) is 15.0. The summed E-state index contributed by atoms with van der Waals surface area (Å²) in [6, 6.07) is 7.31. The lowest BCUT2D eigenvalue weighted by molar-refractivity contribution is -0.179. The Kier molecular flexibility index (Phi) is 3.33. The van der Waals surface area contributed by atoms with Crippen molar-refractivity contribution in [3.05, 3.63) is 29.8 Å². The zero-order valence-corrected chi connectivity index (χ0v) is 11.7. The highest BCUT2D eigenvalue weighted by Gasteiger charge is 2.54. The van der Waals surface area contributed by atoms with Crippen molar-refractivity contribution in [2.75, 3.05) is 26.7 Å². The fraction of sp³-hybridized carbons (Fsp3) is 0.467. The third-order valence-electron chi connectivity index (χ3n) is 4.40. The summed E-state index contributed by atoms with van der Waals surface area (Å²) in [6.07, 6.45) is 0.893. The number of esters is 1. The topological polar surface area (TPSA) is 76.1 Å². The number of ether oxygens (including phenoxy) is 2. The molecule has 3 unspecified atom stereocenters. The molecule has 0 radical (unpaired) electrons. The van der Waals surface area contributed by atoms with Crippen LogP contribution < -0.4 is 4.74 Å². The number of carboxylic acid groups (broad SMARTS) is 1. The molecule has 112 valence electrons. The molecule has 3 atom stereocenters. The van der Waals surface area contributed by atoms with Gasteiger partial charge in [0.05, 0.1) is 7.11 Å². The van der Waals surface area contributed by atoms with Gasteiger partial charge in [-0.3, -0.25) is 4.90 Å². The van der Waals surface area contributed by atoms with E-state index < -0.39 is 17.5 Å². The predicted octanol–water partition coefficient (Wildman–Crippen LogP) is 0.854. The lowest BCUT2D eigenvalue weighted by atomic mass is 9.81. The van der Waals surface area contributed by atoms with Crippen LogP contribution in [0.5, 0.6) is 5.75 Å². The maximum absolute atomic E-state index is 11.6. The highest BCUT2D eigenvalue weighted by atomic mass is 16.6. The van der Waals surface area contributed by atoms with Crippen molar-refractivity contribution >= 4 is 11.9 Å². The summed E-state index contributed by atoms with van der Waals surface area (Å²) in [7, 11) is 1.57. The molecule has 2 aliphatic heterocycles. The number of hydrogen-bond acceptors (Lipinski definition) is 5. The summed E-state index contributed by atoms with van der Waals surface area (Å²) in [6.45, 7) is 2.31. The second-order valence-corrected chi connectivity index (χ2v) is 5.54. The number of hydrogen-bond donors (Lipinski definition) is 1. The number of carbonyl (C=O) groups is 2. The van der Waals surface area contributed by atoms with Crippen LogP contribution >= 0.6 is 0 Å². The molecule has 21 heavy (non-hydrogen) atoms. The summed E-state index contributed by atoms with van der Waals surface area (Å²) >= 11 is 0. The first kappa shape index (κ1) is 13.9. The average molecular weight is 291 g/mol. The molecule has 6 nitrogen and oxygen atoms in total. The number of nitrogens with zero attached hydrogens (tertiary/aromatic N) is 1. The molecule has 1 aromatic carbocycles. The SMILES string of the molecule is COc1cccc(C2(OC(=O)C(=O)O)CN3CCC2C3)c1. The van der Waals surface area contributed by atoms with Gasteiger partial charge in [0, 0.05) is 24.6 Å². The van der Waals surface area contributed by atoms with Crippen molar-refractivity contribution in [1.82, 2.24) is 4.90 Å². The van der Waals surface area contributed by atoms with Crippen LogP contribution in [0.4, 0.5) is 0 Å². The quantitative estimate of drug-likeness (QED) is 0.657. The van der Waals surface area contributed by atoms with Gasteiger partial charge in [0.2, 0.25) is 0 Å². The van der Waals surface area contributed by atoms with Crippen molar-refractivity contribution < 1.29 is 24.2 Å². The van der Waals surface area contributed by atoms with Gasteiger partial charge >= 0.3 is 11.9 Å². The van der Waals surface area contributed by atoms with Crippen LogP contribution in [0.1, 0.15) is 12.0 Å². The third kappa shape index (κ3) is 2.25. The molecule has 1 N–H and O–H groups in total. The molecular formula is C15H17NO5. The number of carbonyl (C=O) groups excluding carboxylic acids is 1. The summed E-state index contributed by atoms with van der Waals surface area (Å²) < 4.78 is 10.7. The number of carboxylic acids is 1. The number of rotatable bonds is 3. The van der Waals surface area contributed by atoms with Crippen molar-refractivity contribution in [2.24, 2.45) is 5.92 Å². The number of methoxy groups -OCH3 is 1. The van der Waals surface area contributed by atoms with Crippen LogP contribution in [-0.2, 0) is 19.9 Å². The molecular weight excluding hydrogens is 274 g/mol. The monoisotopic (exact) mass is 291 g/mol. The Morgan fingerprint density at radius 1 is 1.43 bits per heavy atom. The van der Waals surface area contributed by atoms with E-state index in [1.54, 1.807) is 7.11 Å². The van der Waals surface area contributed by atoms with E-state index in [0.29, 0.717) is 12.3 Å². The van der Waals surface area contributed by atoms with E-state index in [9.17, 15) is 9.59 Å². The van der Waals surface area contributed by atoms with Gasteiger partial charge < -0.3 is 14.6 Å². The molecule has 2 saturated heterocycles. The Morgan fingerprint density at radius 2 is 2.24 bits per heavy atom. The second-order valence-electron chi connectivity index (χ2n) is 5.54. The smallest absolute Gasteiger partial charge is 0.418 e. The minimum atomic E-state index is -1.56. The van der Waals surface area contributed by atoms with Gasteiger partial charge in [-0.1, -0.05) is 12.1 Å². The van der Waals surface area contributed by atoms with Crippen LogP contribution in [0, 0.1) is 5.92 Å². The Labute approximate surface area is 122 Å². The third-order valence-corrected chi connectivity index (χ3v) is 4.40. The van der Waals surface area contributed by atoms with Gasteiger partial charge in [0.15, 0.2) is 5.60 Å². The van der Waals surface area contributed by atoms with Gasteiger partial charge in [-0.2, -0.15) is 0 Å². The normalized spacial score (nSPS) is 30.1. The van der Waals surface area contributed by atoms with Crippen molar-refractivity contribution in [2.45, 2.75) is 12.0 Å². The van der Waals surface area contributed by atoms with Crippen molar-refractivity contribution in [3.63, 3.8) is 0 Å². The van der Waals surface area contributed by atoms with Gasteiger partial charge in [0.25, 0.3) is 0 Å². The molecule has 2 bridgehead atoms. The molecule has 3 rings (SSSR count). The first-order chi connectivity index (χ1) is 10.0. The molecule has 6 heteroatoms. The molecule has 0 saturated carbocycles. The zero-order valence-electron chi connectivity index (χ0n) is 11.7. The molecule has 0 aromatic heterocycles. The lowest BCUT2D eigenvalue weighted by Crippen LogP contribution is -2.45. The van der Waals surface area contributed by atoms with E-state index in [1.807, 2.05) is 24.3 Å². The predicted molar refractivity (Wildman–Crippen MR) is 72.9 cm³/mol. The fourth-order valence-electron chi connectivity index (χ4n) is 3.42. The highest BCUT2D eigenvalue weighted by Crippen LogP contribution is 2.46. The molecule has 1 aromatic rings. The summed E-state index contributed by atoms with van der Waals surface area (Å²) in [4.78, 5) is 24.7. The van der Waals surface area contributed by atoms with Crippen LogP contribution in [0.3, 0.4) is 0 Å². The summed E-state index contributed by atoms with van der Waals surface area (Å²) in [5, 5.41) is 8.86. The molecule has 2 fully saturated rings. The van der Waals surface area contributed by atoms with Gasteiger partial charge in [-0.25, -0.2) is 9.59 Å². The van der Waals surface area contributed by atoms with Crippen molar-refractivity contribution in [3.8, 4) is 5.75 Å². The van der Waals surface area contributed by atoms with E-state index in [2.05, 4.69) is 4.90 Å². The van der Waals surface area contributed by atoms with E-state index in [1.165, 1.54) is 0 Å². The van der Waals surface area contributed by atoms with Crippen LogP contribution in [0.25, 0.3) is 0 Å². The molecule has 0 spiro atoms. The second kappa shape index (κ2) is 5.04. The summed E-state index contributed by atoms with van der Waals surface area (Å²) in [5.41, 5.74) is -0.0916. The highest BCUT2D eigenvalue weighted by molar-refractivity contribution is 6.28. The fourth-order valence-corrected chi connectivity index (χ4v) is 3.42. The van der Waals surface area contributed by atoms with E-state index in [-0.39, 0.29) is 5.92 Å². The van der Waals surface area contributed by atoms with Crippen LogP contribution in [0.15, 0.2) is 24.3 Å². The number of benzene rings is 1. The Balaban J connectivity index is 2.00. The average Bonchev–Trinajstić information content (AvgIpc) is 3.08. The largest absolute Gasteiger partial charge is 0.497 e. The number of piperidine rings is 1. The maximum atomic E-state index is 11.6. The summed E-state index contributed by atoms with van der Waals surface area (Å²) in [5.74, 6) is -1.98. The molecule has 0 amide bonds. The Bertz CT molecular complexity index is 587. The minimum absolute atomic E-state index is 0.118. The van der Waals surface area contributed by atoms with Crippen LogP contribution in [0.2, 0.25) is 0 Å². The molecule has 0 aliphatic carbocycles. The van der Waals surface area contributed by atoms with Gasteiger partial charge in [-0.05, 0) is 25.1 Å². The van der Waals surface area contributed by atoms with Crippen molar-refractivity contribution in [1.29, 1.82) is 0 Å². The standard InChI is InChI=1S/C15H17NO5/c1-20-12-4-2-3-10(7-12)15(21-14(19)13(17)18)9-16-6-5-11(15)8-16/h2-4,7,11H,5-6,8-9H2,1H3,(H,17,18). The van der Waals surface area contributed by atoms with Gasteiger partial charge in [-0.15, -0.1) is 0 Å². The van der Waals surface area contributed by atoms with Crippen LogP contribution in [-0.4, -0.2) is 48.7 Å². The van der Waals surface area contributed by atoms with Gasteiger partial charge in [0.1, 0.15) is 5.75 Å². The molecule has 2 aliphatic rings. The first-order valence-corrected chi connectivity index (χ1v) is 6.88. The maximum Gasteiger partial charge on any atom is 0.418 e. The Morgan fingerprint density at radius 3 is 2.81 bits per heavy atom. The Hall–Kier alpha value is -2.08. The van der Waals surface area contributed by atoms with E-state index in [4.69, 9.17) is 14.6 Å². The number of aliphatic carboxylic acids is 1. The lowest BCUT2D eigenvalue weighted by Gasteiger charge is -2.36. The van der Waals surface area contributed by atoms with E-state index >= 15 is 0 Å².